The monoisotopic (exact) mass is 657 g/mol. The summed E-state index contributed by atoms with van der Waals surface area (Å²) in [6.07, 6.45) is -6.29. The molecule has 2 aromatic rings. The third-order valence-corrected chi connectivity index (χ3v) is 8.94. The number of nitrogens with one attached hydrogen (secondary N) is 2. The molecule has 5 N–H and O–H groups in total. The number of amides is 2. The minimum atomic E-state index is -5.08. The molecule has 0 spiro atoms. The lowest BCUT2D eigenvalue weighted by molar-refractivity contribution is -0.192. The van der Waals surface area contributed by atoms with Crippen molar-refractivity contribution in [3.63, 3.8) is 0 Å². The molecule has 2 amide bonds. The largest absolute Gasteiger partial charge is 0.490 e. The SMILES string of the molecule is CSc1ccc(S(=O)(=O)C[C@@H]2CC[C@H](N)C[C@@H]2NC(=O)CNC(=O)c2cccc(C(F)(F)F)c2)cc1.O=C(O)C(F)(F)F. The van der Waals surface area contributed by atoms with E-state index in [1.165, 1.54) is 17.8 Å². The van der Waals surface area contributed by atoms with E-state index >= 15 is 0 Å². The first-order chi connectivity index (χ1) is 19.8. The Kier molecular flexibility index (Phi) is 12.5. The zero-order valence-corrected chi connectivity index (χ0v) is 24.2. The Morgan fingerprint density at radius 1 is 1.02 bits per heavy atom. The lowest BCUT2D eigenvalue weighted by Gasteiger charge is -2.35. The number of benzene rings is 2. The van der Waals surface area contributed by atoms with Crippen LogP contribution in [0, 0.1) is 5.92 Å². The first-order valence-electron chi connectivity index (χ1n) is 12.5. The molecule has 0 heterocycles. The third kappa shape index (κ3) is 11.4. The van der Waals surface area contributed by atoms with E-state index < -0.39 is 58.1 Å². The molecule has 1 aliphatic carbocycles. The molecule has 238 valence electrons. The second kappa shape index (κ2) is 14.9. The van der Waals surface area contributed by atoms with Crippen molar-refractivity contribution in [2.24, 2.45) is 11.7 Å². The highest BCUT2D eigenvalue weighted by Gasteiger charge is 2.38. The lowest BCUT2D eigenvalue weighted by atomic mass is 9.83. The van der Waals surface area contributed by atoms with Gasteiger partial charge >= 0.3 is 18.3 Å². The predicted molar refractivity (Wildman–Crippen MR) is 145 cm³/mol. The van der Waals surface area contributed by atoms with Crippen LogP contribution in [-0.2, 0) is 25.6 Å². The molecule has 2 aromatic carbocycles. The van der Waals surface area contributed by atoms with Gasteiger partial charge < -0.3 is 21.5 Å². The minimum Gasteiger partial charge on any atom is -0.475 e. The van der Waals surface area contributed by atoms with Gasteiger partial charge in [-0.15, -0.1) is 11.8 Å². The van der Waals surface area contributed by atoms with Crippen LogP contribution in [0.4, 0.5) is 26.3 Å². The molecule has 0 aliphatic heterocycles. The molecule has 43 heavy (non-hydrogen) atoms. The van der Waals surface area contributed by atoms with Crippen molar-refractivity contribution in [2.75, 3.05) is 18.6 Å². The number of alkyl halides is 6. The van der Waals surface area contributed by atoms with Crippen LogP contribution in [0.25, 0.3) is 0 Å². The summed E-state index contributed by atoms with van der Waals surface area (Å²) in [5.74, 6) is -4.71. The summed E-state index contributed by atoms with van der Waals surface area (Å²) in [6, 6.07) is 9.75. The van der Waals surface area contributed by atoms with E-state index in [1.807, 2.05) is 6.26 Å². The van der Waals surface area contributed by atoms with Crippen LogP contribution in [0.5, 0.6) is 0 Å². The van der Waals surface area contributed by atoms with E-state index in [9.17, 15) is 44.3 Å². The van der Waals surface area contributed by atoms with Gasteiger partial charge in [-0.05, 0) is 73.9 Å². The Hall–Kier alpha value is -3.31. The molecule has 3 atom stereocenters. The van der Waals surface area contributed by atoms with Gasteiger partial charge in [-0.3, -0.25) is 9.59 Å². The van der Waals surface area contributed by atoms with E-state index in [-0.39, 0.29) is 28.2 Å². The number of nitrogens with two attached hydrogens (primary N) is 1. The number of hydrogen-bond donors (Lipinski definition) is 4. The quantitative estimate of drug-likeness (QED) is 0.246. The summed E-state index contributed by atoms with van der Waals surface area (Å²) in [7, 11) is -3.61. The van der Waals surface area contributed by atoms with Gasteiger partial charge in [-0.25, -0.2) is 13.2 Å². The zero-order valence-electron chi connectivity index (χ0n) is 22.5. The van der Waals surface area contributed by atoms with Crippen molar-refractivity contribution in [1.82, 2.24) is 10.6 Å². The van der Waals surface area contributed by atoms with Crippen LogP contribution in [0.1, 0.15) is 35.2 Å². The standard InChI is InChI=1S/C24H28F3N3O4S2.C2HF3O2/c1-35-19-7-9-20(10-8-19)36(33,34)14-16-5-6-18(28)12-21(16)30-22(31)13-29-23(32)15-3-2-4-17(11-15)24(25,26)27;3-2(4,5)1(6)7/h2-4,7-11,16,18,21H,5-6,12-14,28H2,1H3,(H,29,32)(H,30,31);(H,6,7)/t16-,18-,21-;/m0./s1. The molecule has 0 aromatic heterocycles. The van der Waals surface area contributed by atoms with Gasteiger partial charge in [0.1, 0.15) is 0 Å². The van der Waals surface area contributed by atoms with E-state index in [2.05, 4.69) is 10.6 Å². The highest BCUT2D eigenvalue weighted by atomic mass is 32.2. The van der Waals surface area contributed by atoms with Crippen LogP contribution in [0.3, 0.4) is 0 Å². The van der Waals surface area contributed by atoms with Crippen LogP contribution in [0.2, 0.25) is 0 Å². The van der Waals surface area contributed by atoms with Crippen molar-refractivity contribution < 1.29 is 54.3 Å². The number of halogens is 6. The summed E-state index contributed by atoms with van der Waals surface area (Å²) in [5.41, 5.74) is 4.86. The van der Waals surface area contributed by atoms with Crippen molar-refractivity contribution in [1.29, 1.82) is 0 Å². The molecule has 0 saturated heterocycles. The lowest BCUT2D eigenvalue weighted by Crippen LogP contribution is -2.51. The normalized spacial score (nSPS) is 19.0. The minimum absolute atomic E-state index is 0.167. The molecule has 0 bridgehead atoms. The van der Waals surface area contributed by atoms with Gasteiger partial charge in [0, 0.05) is 22.5 Å². The molecular weight excluding hydrogens is 628 g/mol. The molecular formula is C26H29F6N3O6S2. The van der Waals surface area contributed by atoms with E-state index in [0.29, 0.717) is 25.3 Å². The molecule has 0 unspecified atom stereocenters. The van der Waals surface area contributed by atoms with Crippen molar-refractivity contribution in [2.45, 2.75) is 53.5 Å². The second-order valence-electron chi connectivity index (χ2n) is 9.53. The number of rotatable bonds is 8. The van der Waals surface area contributed by atoms with Gasteiger partial charge in [0.25, 0.3) is 5.91 Å². The number of thioether (sulfide) groups is 1. The molecule has 3 rings (SSSR count). The first-order valence-corrected chi connectivity index (χ1v) is 15.4. The smallest absolute Gasteiger partial charge is 0.475 e. The summed E-state index contributed by atoms with van der Waals surface area (Å²) in [4.78, 5) is 34.8. The molecule has 0 radical (unpaired) electrons. The van der Waals surface area contributed by atoms with Gasteiger partial charge in [-0.1, -0.05) is 6.07 Å². The first kappa shape index (κ1) is 35.9. The zero-order chi connectivity index (χ0) is 32.6. The Morgan fingerprint density at radius 3 is 2.16 bits per heavy atom. The van der Waals surface area contributed by atoms with Crippen molar-refractivity contribution in [3.05, 3.63) is 59.7 Å². The van der Waals surface area contributed by atoms with Crippen LogP contribution < -0.4 is 16.4 Å². The van der Waals surface area contributed by atoms with Gasteiger partial charge in [0.2, 0.25) is 5.91 Å². The highest BCUT2D eigenvalue weighted by molar-refractivity contribution is 7.98. The molecule has 17 heteroatoms. The third-order valence-electron chi connectivity index (χ3n) is 6.34. The number of carboxylic acid groups (broad SMARTS) is 1. The van der Waals surface area contributed by atoms with Crippen LogP contribution >= 0.6 is 11.8 Å². The molecule has 1 saturated carbocycles. The van der Waals surface area contributed by atoms with Gasteiger partial charge in [0.05, 0.1) is 22.8 Å². The average molecular weight is 658 g/mol. The molecule has 9 nitrogen and oxygen atoms in total. The average Bonchev–Trinajstić information content (AvgIpc) is 2.92. The Bertz CT molecular complexity index is 1380. The fraction of sp³-hybridized carbons (Fsp3) is 0.423. The number of sulfone groups is 1. The topological polar surface area (TPSA) is 156 Å². The van der Waals surface area contributed by atoms with Crippen LogP contribution in [-0.4, -0.2) is 68.1 Å². The summed E-state index contributed by atoms with van der Waals surface area (Å²) >= 11 is 1.50. The maximum atomic E-state index is 13.0. The summed E-state index contributed by atoms with van der Waals surface area (Å²) in [5, 5.41) is 12.2. The van der Waals surface area contributed by atoms with Gasteiger partial charge in [-0.2, -0.15) is 26.3 Å². The fourth-order valence-electron chi connectivity index (χ4n) is 4.16. The number of hydrogen-bond acceptors (Lipinski definition) is 7. The maximum Gasteiger partial charge on any atom is 0.490 e. The van der Waals surface area contributed by atoms with E-state index in [4.69, 9.17) is 15.6 Å². The fourth-order valence-corrected chi connectivity index (χ4v) is 6.27. The highest BCUT2D eigenvalue weighted by Crippen LogP contribution is 2.30. The van der Waals surface area contributed by atoms with Crippen LogP contribution in [0.15, 0.2) is 58.3 Å². The Labute approximate surface area is 247 Å². The van der Waals surface area contributed by atoms with Gasteiger partial charge in [0.15, 0.2) is 9.84 Å². The Balaban J connectivity index is 0.000000821. The number of aliphatic carboxylic acids is 1. The van der Waals surface area contributed by atoms with Crippen molar-refractivity contribution >= 4 is 39.4 Å². The summed E-state index contributed by atoms with van der Waals surface area (Å²) < 4.78 is 96.4. The molecule has 1 aliphatic rings. The van der Waals surface area contributed by atoms with E-state index in [0.717, 1.165) is 17.0 Å². The number of carbonyl (C=O) groups is 3. The second-order valence-corrected chi connectivity index (χ2v) is 12.4. The van der Waals surface area contributed by atoms with E-state index in [1.54, 1.807) is 24.3 Å². The number of carboxylic acids is 1. The number of carbonyl (C=O) groups excluding carboxylic acids is 2. The van der Waals surface area contributed by atoms with Crippen molar-refractivity contribution in [3.8, 4) is 0 Å². The predicted octanol–water partition coefficient (Wildman–Crippen LogP) is 3.88. The Morgan fingerprint density at radius 2 is 1.63 bits per heavy atom. The molecule has 1 fully saturated rings. The maximum absolute atomic E-state index is 13.0. The summed E-state index contributed by atoms with van der Waals surface area (Å²) in [6.45, 7) is -0.476.